The van der Waals surface area contributed by atoms with Crippen LogP contribution < -0.4 is 5.32 Å². The van der Waals surface area contributed by atoms with Crippen molar-refractivity contribution in [2.75, 3.05) is 39.4 Å². The molecule has 0 radical (unpaired) electrons. The van der Waals surface area contributed by atoms with Gasteiger partial charge in [0.1, 0.15) is 0 Å². The lowest BCUT2D eigenvalue weighted by Gasteiger charge is -2.26. The Kier molecular flexibility index (Phi) is 5.05. The Bertz CT molecular complexity index is 648. The minimum atomic E-state index is -0.129. The number of para-hydroxylation sites is 1. The van der Waals surface area contributed by atoms with E-state index in [4.69, 9.17) is 4.74 Å². The summed E-state index contributed by atoms with van der Waals surface area (Å²) in [4.78, 5) is 14.5. The highest BCUT2D eigenvalue weighted by molar-refractivity contribution is 5.92. The number of aromatic nitrogens is 2. The minimum absolute atomic E-state index is 0.129. The summed E-state index contributed by atoms with van der Waals surface area (Å²) in [6, 6.07) is 11.6. The summed E-state index contributed by atoms with van der Waals surface area (Å²) < 4.78 is 7.10. The topological polar surface area (TPSA) is 59.4 Å². The quantitative estimate of drug-likeness (QED) is 0.902. The molecule has 1 aliphatic rings. The van der Waals surface area contributed by atoms with Crippen LogP contribution in [-0.4, -0.2) is 60.0 Å². The van der Waals surface area contributed by atoms with Crippen molar-refractivity contribution in [1.82, 2.24) is 20.0 Å². The monoisotopic (exact) mass is 314 g/mol. The second-order valence-electron chi connectivity index (χ2n) is 5.63. The third-order valence-electron chi connectivity index (χ3n) is 3.94. The van der Waals surface area contributed by atoms with Crippen LogP contribution in [0.2, 0.25) is 0 Å². The molecule has 23 heavy (non-hydrogen) atoms. The Hall–Kier alpha value is -2.18. The maximum absolute atomic E-state index is 12.3. The zero-order chi connectivity index (χ0) is 16.1. The Morgan fingerprint density at radius 2 is 2.00 bits per heavy atom. The van der Waals surface area contributed by atoms with Crippen LogP contribution in [0.5, 0.6) is 0 Å². The first-order valence-electron chi connectivity index (χ1n) is 7.94. The van der Waals surface area contributed by atoms with E-state index in [9.17, 15) is 4.79 Å². The molecule has 0 aliphatic carbocycles. The number of aryl methyl sites for hydroxylation is 1. The number of hydrogen-bond donors (Lipinski definition) is 1. The van der Waals surface area contributed by atoms with Gasteiger partial charge in [0.25, 0.3) is 5.91 Å². The van der Waals surface area contributed by atoms with Gasteiger partial charge in [-0.1, -0.05) is 18.2 Å². The lowest BCUT2D eigenvalue weighted by Crippen LogP contribution is -2.41. The minimum Gasteiger partial charge on any atom is -0.379 e. The molecule has 1 aliphatic heterocycles. The number of nitrogens with zero attached hydrogens (tertiary/aromatic N) is 3. The van der Waals surface area contributed by atoms with Crippen LogP contribution in [0.1, 0.15) is 16.2 Å². The molecule has 0 spiro atoms. The number of benzene rings is 1. The molecule has 0 bridgehead atoms. The molecule has 3 rings (SSSR count). The van der Waals surface area contributed by atoms with Gasteiger partial charge in [-0.25, -0.2) is 4.68 Å². The number of nitrogens with one attached hydrogen (secondary N) is 1. The van der Waals surface area contributed by atoms with Crippen molar-refractivity contribution >= 4 is 5.91 Å². The van der Waals surface area contributed by atoms with E-state index in [-0.39, 0.29) is 5.91 Å². The van der Waals surface area contributed by atoms with E-state index in [2.05, 4.69) is 15.3 Å². The molecule has 1 fully saturated rings. The third-order valence-corrected chi connectivity index (χ3v) is 3.94. The second kappa shape index (κ2) is 7.39. The van der Waals surface area contributed by atoms with Gasteiger partial charge in [0.15, 0.2) is 5.69 Å². The standard InChI is InChI=1S/C17H22N4O2/c1-14-13-16(19-21(14)15-5-3-2-4-6-15)17(22)18-7-8-20-9-11-23-12-10-20/h2-6,13H,7-12H2,1H3,(H,18,22). The summed E-state index contributed by atoms with van der Waals surface area (Å²) in [5.41, 5.74) is 2.35. The van der Waals surface area contributed by atoms with Crippen LogP contribution >= 0.6 is 0 Å². The average Bonchev–Trinajstić information content (AvgIpc) is 2.98. The Balaban J connectivity index is 1.57. The summed E-state index contributed by atoms with van der Waals surface area (Å²) in [5, 5.41) is 7.36. The lowest BCUT2D eigenvalue weighted by molar-refractivity contribution is 0.0383. The molecule has 6 heteroatoms. The number of carbonyl (C=O) groups is 1. The van der Waals surface area contributed by atoms with E-state index >= 15 is 0 Å². The van der Waals surface area contributed by atoms with Crippen molar-refractivity contribution in [2.45, 2.75) is 6.92 Å². The van der Waals surface area contributed by atoms with Crippen molar-refractivity contribution in [3.63, 3.8) is 0 Å². The molecule has 1 aromatic heterocycles. The normalized spacial score (nSPS) is 15.5. The molecule has 1 N–H and O–H groups in total. The highest BCUT2D eigenvalue weighted by Gasteiger charge is 2.14. The Morgan fingerprint density at radius 1 is 1.26 bits per heavy atom. The Labute approximate surface area is 136 Å². The SMILES string of the molecule is Cc1cc(C(=O)NCCN2CCOCC2)nn1-c1ccccc1. The first kappa shape index (κ1) is 15.7. The fourth-order valence-corrected chi connectivity index (χ4v) is 2.66. The fourth-order valence-electron chi connectivity index (χ4n) is 2.66. The van der Waals surface area contributed by atoms with Crippen molar-refractivity contribution in [3.8, 4) is 5.69 Å². The number of hydrogen-bond acceptors (Lipinski definition) is 4. The zero-order valence-corrected chi connectivity index (χ0v) is 13.4. The molecule has 0 unspecified atom stereocenters. The summed E-state index contributed by atoms with van der Waals surface area (Å²) in [5.74, 6) is -0.129. The van der Waals surface area contributed by atoms with Gasteiger partial charge in [0.2, 0.25) is 0 Å². The van der Waals surface area contributed by atoms with Crippen LogP contribution in [0.25, 0.3) is 5.69 Å². The van der Waals surface area contributed by atoms with E-state index in [1.165, 1.54) is 0 Å². The van der Waals surface area contributed by atoms with Gasteiger partial charge in [-0.2, -0.15) is 5.10 Å². The van der Waals surface area contributed by atoms with E-state index in [0.29, 0.717) is 12.2 Å². The van der Waals surface area contributed by atoms with Gasteiger partial charge in [-0.3, -0.25) is 9.69 Å². The number of morpholine rings is 1. The van der Waals surface area contributed by atoms with Gasteiger partial charge in [0.05, 0.1) is 18.9 Å². The van der Waals surface area contributed by atoms with Crippen molar-refractivity contribution < 1.29 is 9.53 Å². The van der Waals surface area contributed by atoms with E-state index in [0.717, 1.165) is 44.2 Å². The number of carbonyl (C=O) groups excluding carboxylic acids is 1. The van der Waals surface area contributed by atoms with Crippen molar-refractivity contribution in [2.24, 2.45) is 0 Å². The predicted octanol–water partition coefficient (Wildman–Crippen LogP) is 1.24. The summed E-state index contributed by atoms with van der Waals surface area (Å²) in [6.45, 7) is 6.81. The van der Waals surface area contributed by atoms with E-state index in [1.807, 2.05) is 43.3 Å². The first-order chi connectivity index (χ1) is 11.2. The van der Waals surface area contributed by atoms with Crippen LogP contribution in [0.4, 0.5) is 0 Å². The Morgan fingerprint density at radius 3 is 2.74 bits per heavy atom. The molecule has 1 amide bonds. The van der Waals surface area contributed by atoms with Gasteiger partial charge in [0, 0.05) is 31.9 Å². The molecule has 1 aromatic carbocycles. The molecule has 0 atom stereocenters. The molecule has 6 nitrogen and oxygen atoms in total. The number of amides is 1. The van der Waals surface area contributed by atoms with Crippen LogP contribution in [0.15, 0.2) is 36.4 Å². The molecular weight excluding hydrogens is 292 g/mol. The van der Waals surface area contributed by atoms with E-state index < -0.39 is 0 Å². The molecule has 1 saturated heterocycles. The number of rotatable bonds is 5. The second-order valence-corrected chi connectivity index (χ2v) is 5.63. The molecule has 0 saturated carbocycles. The van der Waals surface area contributed by atoms with E-state index in [1.54, 1.807) is 4.68 Å². The van der Waals surface area contributed by atoms with Gasteiger partial charge < -0.3 is 10.1 Å². The third kappa shape index (κ3) is 3.97. The molecular formula is C17H22N4O2. The van der Waals surface area contributed by atoms with Crippen LogP contribution in [0, 0.1) is 6.92 Å². The highest BCUT2D eigenvalue weighted by Crippen LogP contribution is 2.11. The lowest BCUT2D eigenvalue weighted by atomic mass is 10.3. The van der Waals surface area contributed by atoms with Gasteiger partial charge in [-0.05, 0) is 25.1 Å². The van der Waals surface area contributed by atoms with Crippen LogP contribution in [-0.2, 0) is 4.74 Å². The number of ether oxygens (including phenoxy) is 1. The molecule has 2 heterocycles. The predicted molar refractivity (Wildman–Crippen MR) is 87.9 cm³/mol. The van der Waals surface area contributed by atoms with Crippen LogP contribution in [0.3, 0.4) is 0 Å². The molecule has 2 aromatic rings. The smallest absolute Gasteiger partial charge is 0.271 e. The highest BCUT2D eigenvalue weighted by atomic mass is 16.5. The zero-order valence-electron chi connectivity index (χ0n) is 13.4. The van der Waals surface area contributed by atoms with Crippen molar-refractivity contribution in [3.05, 3.63) is 47.8 Å². The summed E-state index contributed by atoms with van der Waals surface area (Å²) in [6.07, 6.45) is 0. The van der Waals surface area contributed by atoms with Crippen molar-refractivity contribution in [1.29, 1.82) is 0 Å². The molecule has 122 valence electrons. The first-order valence-corrected chi connectivity index (χ1v) is 7.94. The maximum atomic E-state index is 12.3. The largest absolute Gasteiger partial charge is 0.379 e. The van der Waals surface area contributed by atoms with Gasteiger partial charge in [-0.15, -0.1) is 0 Å². The maximum Gasteiger partial charge on any atom is 0.271 e. The summed E-state index contributed by atoms with van der Waals surface area (Å²) >= 11 is 0. The average molecular weight is 314 g/mol. The fraction of sp³-hybridized carbons (Fsp3) is 0.412. The van der Waals surface area contributed by atoms with Gasteiger partial charge >= 0.3 is 0 Å². The summed E-state index contributed by atoms with van der Waals surface area (Å²) in [7, 11) is 0.